The second-order valence-electron chi connectivity index (χ2n) is 5.97. The van der Waals surface area contributed by atoms with Crippen molar-refractivity contribution in [2.75, 3.05) is 16.4 Å². The number of aromatic nitrogens is 2. The van der Waals surface area contributed by atoms with Crippen LogP contribution in [0.4, 0.5) is 27.5 Å². The molecule has 0 aliphatic heterocycles. The summed E-state index contributed by atoms with van der Waals surface area (Å²) in [6, 6.07) is 6.82. The minimum absolute atomic E-state index is 0.122. The molecule has 3 N–H and O–H groups in total. The third kappa shape index (κ3) is 4.41. The number of fused-ring (bicyclic) bond motifs is 1. The highest BCUT2D eigenvalue weighted by molar-refractivity contribution is 7.92. The highest BCUT2D eigenvalue weighted by Gasteiger charge is 2.24. The lowest BCUT2D eigenvalue weighted by atomic mass is 10.2. The van der Waals surface area contributed by atoms with E-state index in [9.17, 15) is 33.4 Å². The molecule has 3 aromatic rings. The summed E-state index contributed by atoms with van der Waals surface area (Å²) < 4.78 is 25.5. The van der Waals surface area contributed by atoms with Crippen molar-refractivity contribution in [1.82, 2.24) is 15.0 Å². The lowest BCUT2D eigenvalue weighted by molar-refractivity contribution is -0.393. The minimum atomic E-state index is -3.43. The van der Waals surface area contributed by atoms with Crippen LogP contribution in [0.3, 0.4) is 0 Å². The average Bonchev–Trinajstić information content (AvgIpc) is 3.09. The summed E-state index contributed by atoms with van der Waals surface area (Å²) in [6.07, 6.45) is 2.00. The van der Waals surface area contributed by atoms with Gasteiger partial charge in [-0.05, 0) is 24.3 Å². The quantitative estimate of drug-likeness (QED) is 0.382. The normalized spacial score (nSPS) is 11.1. The number of rotatable bonds is 6. The van der Waals surface area contributed by atoms with Crippen molar-refractivity contribution < 1.29 is 23.1 Å². The Hall–Kier alpha value is -4.27. The molecule has 156 valence electrons. The van der Waals surface area contributed by atoms with Crippen molar-refractivity contribution in [3.8, 4) is 0 Å². The van der Waals surface area contributed by atoms with E-state index in [4.69, 9.17) is 0 Å². The molecule has 1 heterocycles. The first kappa shape index (κ1) is 20.5. The van der Waals surface area contributed by atoms with Gasteiger partial charge in [-0.25, -0.2) is 22.8 Å². The smallest absolute Gasteiger partial charge is 0.297 e. The van der Waals surface area contributed by atoms with Crippen molar-refractivity contribution in [3.63, 3.8) is 0 Å². The molecule has 15 heteroatoms. The van der Waals surface area contributed by atoms with Crippen LogP contribution in [0.2, 0.25) is 0 Å². The third-order valence-electron chi connectivity index (χ3n) is 3.74. The van der Waals surface area contributed by atoms with Gasteiger partial charge >= 0.3 is 11.7 Å². The first-order valence-electron chi connectivity index (χ1n) is 7.99. The summed E-state index contributed by atoms with van der Waals surface area (Å²) in [5.41, 5.74) is 4.12. The summed E-state index contributed by atoms with van der Waals surface area (Å²) in [5.74, 6) is 0. The Labute approximate surface area is 167 Å². The van der Waals surface area contributed by atoms with Crippen molar-refractivity contribution >= 4 is 49.8 Å². The Bertz CT molecular complexity index is 1270. The van der Waals surface area contributed by atoms with E-state index < -0.39 is 37.3 Å². The second-order valence-corrected chi connectivity index (χ2v) is 7.72. The number of nitrogens with zero attached hydrogens (tertiary/aromatic N) is 4. The Morgan fingerprint density at radius 1 is 1.07 bits per heavy atom. The monoisotopic (exact) mass is 435 g/mol. The van der Waals surface area contributed by atoms with Crippen molar-refractivity contribution in [2.24, 2.45) is 0 Å². The van der Waals surface area contributed by atoms with E-state index in [1.54, 1.807) is 0 Å². The molecule has 0 saturated heterocycles. The van der Waals surface area contributed by atoms with Crippen LogP contribution in [0, 0.1) is 20.2 Å². The zero-order chi connectivity index (χ0) is 22.1. The summed E-state index contributed by atoms with van der Waals surface area (Å²) in [4.78, 5) is 36.8. The topological polar surface area (TPSA) is 191 Å². The predicted octanol–water partition coefficient (Wildman–Crippen LogP) is 1.81. The first-order chi connectivity index (χ1) is 14.0. The number of imidazole rings is 1. The SMILES string of the molecule is CS(=O)(=O)Nc1ccc(NNC(=O)n2cnc3c([N+](=O)[O-])cc([N+](=O)[O-])cc32)cc1. The number of nitro groups is 2. The number of benzene rings is 2. The third-order valence-corrected chi connectivity index (χ3v) is 4.35. The number of nitrogens with one attached hydrogen (secondary N) is 3. The zero-order valence-electron chi connectivity index (χ0n) is 15.1. The number of hydrogen-bond acceptors (Lipinski definition) is 9. The van der Waals surface area contributed by atoms with Gasteiger partial charge in [-0.3, -0.25) is 35.8 Å². The van der Waals surface area contributed by atoms with E-state index in [0.29, 0.717) is 11.4 Å². The summed E-state index contributed by atoms with van der Waals surface area (Å²) in [7, 11) is -3.43. The molecule has 0 aliphatic rings. The molecule has 1 aromatic heterocycles. The molecule has 0 fully saturated rings. The van der Waals surface area contributed by atoms with Crippen LogP contribution in [0.15, 0.2) is 42.7 Å². The van der Waals surface area contributed by atoms with Gasteiger partial charge in [0, 0.05) is 11.8 Å². The van der Waals surface area contributed by atoms with E-state index in [0.717, 1.165) is 29.3 Å². The molecule has 3 rings (SSSR count). The molecule has 1 amide bonds. The molecular weight excluding hydrogens is 422 g/mol. The van der Waals surface area contributed by atoms with Gasteiger partial charge in [0.05, 0.1) is 33.4 Å². The van der Waals surface area contributed by atoms with Crippen LogP contribution in [0.1, 0.15) is 0 Å². The molecule has 0 atom stereocenters. The van der Waals surface area contributed by atoms with Gasteiger partial charge < -0.3 is 0 Å². The number of sulfonamides is 1. The Balaban J connectivity index is 1.82. The van der Waals surface area contributed by atoms with Crippen molar-refractivity contribution in [2.45, 2.75) is 0 Å². The molecule has 0 radical (unpaired) electrons. The molecule has 0 bridgehead atoms. The van der Waals surface area contributed by atoms with Gasteiger partial charge in [-0.1, -0.05) is 0 Å². The van der Waals surface area contributed by atoms with Crippen LogP contribution < -0.4 is 15.6 Å². The van der Waals surface area contributed by atoms with Crippen LogP contribution in [0.5, 0.6) is 0 Å². The predicted molar refractivity (Wildman–Crippen MR) is 106 cm³/mol. The van der Waals surface area contributed by atoms with Gasteiger partial charge in [-0.2, -0.15) is 0 Å². The molecular formula is C15H13N7O7S. The number of non-ortho nitro benzene ring substituents is 2. The van der Waals surface area contributed by atoms with Crippen LogP contribution in [-0.4, -0.2) is 40.1 Å². The maximum absolute atomic E-state index is 12.4. The van der Waals surface area contributed by atoms with Crippen LogP contribution in [0.25, 0.3) is 11.0 Å². The second kappa shape index (κ2) is 7.63. The van der Waals surface area contributed by atoms with Crippen LogP contribution in [-0.2, 0) is 10.0 Å². The van der Waals surface area contributed by atoms with E-state index in [2.05, 4.69) is 20.6 Å². The van der Waals surface area contributed by atoms with Crippen molar-refractivity contribution in [3.05, 3.63) is 63.0 Å². The Morgan fingerprint density at radius 3 is 2.27 bits per heavy atom. The van der Waals surface area contributed by atoms with Crippen molar-refractivity contribution in [1.29, 1.82) is 0 Å². The number of nitro benzene ring substituents is 2. The largest absolute Gasteiger partial charge is 0.345 e. The molecule has 2 aromatic carbocycles. The fourth-order valence-corrected chi connectivity index (χ4v) is 3.08. The minimum Gasteiger partial charge on any atom is -0.297 e. The fraction of sp³-hybridized carbons (Fsp3) is 0.0667. The van der Waals surface area contributed by atoms with Gasteiger partial charge in [0.1, 0.15) is 6.33 Å². The summed E-state index contributed by atoms with van der Waals surface area (Å²) in [5, 5.41) is 22.2. The Kier molecular flexibility index (Phi) is 5.20. The maximum Gasteiger partial charge on any atom is 0.345 e. The highest BCUT2D eigenvalue weighted by atomic mass is 32.2. The number of anilines is 2. The van der Waals surface area contributed by atoms with E-state index in [1.165, 1.54) is 24.3 Å². The summed E-state index contributed by atoms with van der Waals surface area (Å²) >= 11 is 0. The van der Waals surface area contributed by atoms with E-state index >= 15 is 0 Å². The molecule has 0 aliphatic carbocycles. The molecule has 0 unspecified atom stereocenters. The standard InChI is InChI=1S/C15H13N7O7S/c1-30(28,29)19-10-4-2-9(3-5-10)17-18-15(23)20-8-16-14-12(20)6-11(21(24)25)7-13(14)22(26)27/h2-8,17,19H,1H3,(H,18,23). The zero-order valence-corrected chi connectivity index (χ0v) is 15.9. The number of amides is 1. The number of hydrazine groups is 1. The van der Waals surface area contributed by atoms with Gasteiger partial charge in [0.15, 0.2) is 5.52 Å². The summed E-state index contributed by atoms with van der Waals surface area (Å²) in [6.45, 7) is 0. The van der Waals surface area contributed by atoms with Gasteiger partial charge in [0.2, 0.25) is 10.0 Å². The van der Waals surface area contributed by atoms with Gasteiger partial charge in [0.25, 0.3) is 5.69 Å². The number of hydrogen-bond donors (Lipinski definition) is 3. The molecule has 14 nitrogen and oxygen atoms in total. The maximum atomic E-state index is 12.4. The lowest BCUT2D eigenvalue weighted by Gasteiger charge is -2.10. The van der Waals surface area contributed by atoms with E-state index in [-0.39, 0.29) is 11.0 Å². The average molecular weight is 435 g/mol. The fourth-order valence-electron chi connectivity index (χ4n) is 2.51. The lowest BCUT2D eigenvalue weighted by Crippen LogP contribution is -2.32. The van der Waals surface area contributed by atoms with Crippen LogP contribution >= 0.6 is 0 Å². The van der Waals surface area contributed by atoms with Gasteiger partial charge in [-0.15, -0.1) is 0 Å². The number of carbonyl (C=O) groups is 1. The molecule has 30 heavy (non-hydrogen) atoms. The van der Waals surface area contributed by atoms with E-state index in [1.807, 2.05) is 0 Å². The Morgan fingerprint density at radius 2 is 1.70 bits per heavy atom. The molecule has 0 saturated carbocycles. The highest BCUT2D eigenvalue weighted by Crippen LogP contribution is 2.29. The number of carbonyl (C=O) groups excluding carboxylic acids is 1. The molecule has 0 spiro atoms. The first-order valence-corrected chi connectivity index (χ1v) is 9.88.